The van der Waals surface area contributed by atoms with Crippen LogP contribution >= 0.6 is 11.6 Å². The van der Waals surface area contributed by atoms with Crippen LogP contribution in [-0.4, -0.2) is 40.9 Å². The molecule has 8 nitrogen and oxygen atoms in total. The van der Waals surface area contributed by atoms with Crippen LogP contribution in [0, 0.1) is 0 Å². The van der Waals surface area contributed by atoms with Gasteiger partial charge in [-0.25, -0.2) is 23.1 Å². The highest BCUT2D eigenvalue weighted by Crippen LogP contribution is 2.40. The van der Waals surface area contributed by atoms with E-state index in [1.54, 1.807) is 22.7 Å². The van der Waals surface area contributed by atoms with Crippen molar-refractivity contribution in [2.45, 2.75) is 43.9 Å². The summed E-state index contributed by atoms with van der Waals surface area (Å²) in [5.41, 5.74) is 2.98. The molecule has 37 heavy (non-hydrogen) atoms. The largest absolute Gasteiger partial charge is 0.315 e. The van der Waals surface area contributed by atoms with Crippen LogP contribution in [0.3, 0.4) is 0 Å². The van der Waals surface area contributed by atoms with E-state index in [1.807, 2.05) is 28.2 Å². The maximum atomic E-state index is 15.5. The summed E-state index contributed by atoms with van der Waals surface area (Å²) < 4.78 is 48.2. The summed E-state index contributed by atoms with van der Waals surface area (Å²) in [6.45, 7) is 0.148. The molecule has 5 aromatic heterocycles. The molecule has 5 aromatic rings. The Morgan fingerprint density at radius 1 is 1.19 bits per heavy atom. The number of amides is 1. The van der Waals surface area contributed by atoms with E-state index in [-0.39, 0.29) is 12.2 Å². The van der Waals surface area contributed by atoms with Crippen LogP contribution in [0.4, 0.5) is 13.2 Å². The smallest absolute Gasteiger partial charge is 0.294 e. The average molecular weight is 528 g/mol. The van der Waals surface area contributed by atoms with Gasteiger partial charge in [0.25, 0.3) is 12.2 Å². The fourth-order valence-corrected chi connectivity index (χ4v) is 4.56. The second-order valence-corrected chi connectivity index (χ2v) is 9.66. The number of pyridine rings is 2. The lowest BCUT2D eigenvalue weighted by molar-refractivity contribution is -0.133. The van der Waals surface area contributed by atoms with Crippen molar-refractivity contribution in [3.05, 3.63) is 89.1 Å². The van der Waals surface area contributed by atoms with E-state index in [1.165, 1.54) is 29.4 Å². The molecule has 0 spiro atoms. The van der Waals surface area contributed by atoms with E-state index in [0.717, 1.165) is 18.0 Å². The number of fused-ring (bicyclic) bond motifs is 2. The Kier molecular flexibility index (Phi) is 5.67. The molecule has 1 N–H and O–H groups in total. The second kappa shape index (κ2) is 8.91. The number of hydrogen-bond acceptors (Lipinski definition) is 4. The van der Waals surface area contributed by atoms with Gasteiger partial charge in [0.2, 0.25) is 5.91 Å². The van der Waals surface area contributed by atoms with Gasteiger partial charge in [-0.3, -0.25) is 9.48 Å². The molecule has 1 fully saturated rings. The molecule has 0 aromatic carbocycles. The van der Waals surface area contributed by atoms with Crippen LogP contribution < -0.4 is 5.32 Å². The van der Waals surface area contributed by atoms with E-state index >= 15 is 4.39 Å². The highest BCUT2D eigenvalue weighted by atomic mass is 35.5. The van der Waals surface area contributed by atoms with Crippen molar-refractivity contribution in [1.82, 2.24) is 33.9 Å². The first kappa shape index (κ1) is 23.5. The Bertz CT molecular complexity index is 1620. The highest BCUT2D eigenvalue weighted by Gasteiger charge is 2.45. The Morgan fingerprint density at radius 3 is 2.81 bits per heavy atom. The van der Waals surface area contributed by atoms with Gasteiger partial charge < -0.3 is 14.1 Å². The number of aromatic nitrogens is 6. The van der Waals surface area contributed by atoms with Gasteiger partial charge in [-0.05, 0) is 42.5 Å². The van der Waals surface area contributed by atoms with Crippen molar-refractivity contribution in [3.8, 4) is 0 Å². The van der Waals surface area contributed by atoms with E-state index in [9.17, 15) is 13.6 Å². The zero-order valence-electron chi connectivity index (χ0n) is 19.4. The maximum Gasteiger partial charge on any atom is 0.294 e. The zero-order chi connectivity index (χ0) is 25.7. The summed E-state index contributed by atoms with van der Waals surface area (Å²) in [7, 11) is 0. The first-order valence-electron chi connectivity index (χ1n) is 11.7. The summed E-state index contributed by atoms with van der Waals surface area (Å²) in [6.07, 6.45) is 7.54. The number of carbonyl (C=O) groups is 1. The van der Waals surface area contributed by atoms with E-state index in [2.05, 4.69) is 21.1 Å². The SMILES string of the molecule is O=C(Cc1ncn2ccc(Cl)cc12)NC(F)(c1cnn(Cc2cn3cc(C4CC4)ccc3n2)c1)C(F)F. The van der Waals surface area contributed by atoms with Crippen LogP contribution in [-0.2, 0) is 23.6 Å². The van der Waals surface area contributed by atoms with Crippen LogP contribution in [0.5, 0.6) is 0 Å². The number of rotatable bonds is 8. The number of imidazole rings is 2. The van der Waals surface area contributed by atoms with E-state index in [4.69, 9.17) is 11.6 Å². The van der Waals surface area contributed by atoms with Crippen LogP contribution in [0.1, 0.15) is 41.3 Å². The molecular formula is C25H21ClF3N7O. The second-order valence-electron chi connectivity index (χ2n) is 9.23. The third kappa shape index (κ3) is 4.55. The summed E-state index contributed by atoms with van der Waals surface area (Å²) in [5, 5.41) is 6.29. The fourth-order valence-electron chi connectivity index (χ4n) is 4.40. The van der Waals surface area contributed by atoms with Gasteiger partial charge in [0.1, 0.15) is 5.65 Å². The van der Waals surface area contributed by atoms with Crippen molar-refractivity contribution in [1.29, 1.82) is 0 Å². The van der Waals surface area contributed by atoms with E-state index < -0.39 is 30.1 Å². The molecule has 0 saturated heterocycles. The van der Waals surface area contributed by atoms with Crippen molar-refractivity contribution in [2.75, 3.05) is 0 Å². The molecule has 1 atom stereocenters. The van der Waals surface area contributed by atoms with Crippen molar-refractivity contribution in [3.63, 3.8) is 0 Å². The lowest BCUT2D eigenvalue weighted by Gasteiger charge is -2.24. The Morgan fingerprint density at radius 2 is 2.03 bits per heavy atom. The molecule has 5 heterocycles. The van der Waals surface area contributed by atoms with Gasteiger partial charge >= 0.3 is 0 Å². The molecule has 1 amide bonds. The standard InChI is InChI=1S/C25H21ClF3N7O/c26-18-5-6-34-14-30-20(21(34)7-18)8-23(37)33-25(29,24(27)28)17-9-31-36(11-17)13-19-12-35-10-16(15-1-2-15)3-4-22(35)32-19/h3-7,9-12,14-15,24H,1-2,8,13H2,(H,33,37). The third-order valence-electron chi connectivity index (χ3n) is 6.48. The fraction of sp³-hybridized carbons (Fsp3) is 0.280. The Balaban J connectivity index is 1.19. The minimum absolute atomic E-state index is 0.148. The van der Waals surface area contributed by atoms with Gasteiger partial charge in [-0.2, -0.15) is 5.10 Å². The monoisotopic (exact) mass is 527 g/mol. The normalized spacial score (nSPS) is 15.5. The maximum absolute atomic E-state index is 15.5. The van der Waals surface area contributed by atoms with Crippen molar-refractivity contribution >= 4 is 28.7 Å². The van der Waals surface area contributed by atoms with Crippen LogP contribution in [0.15, 0.2) is 61.6 Å². The summed E-state index contributed by atoms with van der Waals surface area (Å²) in [5.74, 6) is -3.79. The van der Waals surface area contributed by atoms with Crippen molar-refractivity contribution < 1.29 is 18.0 Å². The molecular weight excluding hydrogens is 507 g/mol. The summed E-state index contributed by atoms with van der Waals surface area (Å²) >= 11 is 6.00. The van der Waals surface area contributed by atoms with Gasteiger partial charge in [0.05, 0.1) is 48.0 Å². The van der Waals surface area contributed by atoms with Gasteiger partial charge in [0, 0.05) is 29.8 Å². The molecule has 6 rings (SSSR count). The number of halogens is 4. The third-order valence-corrected chi connectivity index (χ3v) is 6.72. The minimum atomic E-state index is -3.53. The average Bonchev–Trinajstić information content (AvgIpc) is 3.28. The first-order valence-corrected chi connectivity index (χ1v) is 12.1. The molecule has 0 aliphatic heterocycles. The molecule has 0 radical (unpaired) electrons. The van der Waals surface area contributed by atoms with Gasteiger partial charge in [-0.15, -0.1) is 0 Å². The number of nitrogens with one attached hydrogen (secondary N) is 1. The molecule has 190 valence electrons. The molecule has 1 aliphatic carbocycles. The topological polar surface area (TPSA) is 81.5 Å². The molecule has 1 saturated carbocycles. The van der Waals surface area contributed by atoms with E-state index in [0.29, 0.717) is 22.2 Å². The highest BCUT2D eigenvalue weighted by molar-refractivity contribution is 6.30. The number of carbonyl (C=O) groups excluding carboxylic acids is 1. The Hall–Kier alpha value is -3.86. The minimum Gasteiger partial charge on any atom is -0.315 e. The number of alkyl halides is 3. The number of hydrogen-bond donors (Lipinski definition) is 1. The van der Waals surface area contributed by atoms with Gasteiger partial charge in [-0.1, -0.05) is 17.7 Å². The molecule has 1 unspecified atom stereocenters. The molecule has 0 bridgehead atoms. The quantitative estimate of drug-likeness (QED) is 0.301. The zero-order valence-corrected chi connectivity index (χ0v) is 20.1. The molecule has 1 aliphatic rings. The van der Waals surface area contributed by atoms with Gasteiger partial charge in [0.15, 0.2) is 0 Å². The predicted molar refractivity (Wildman–Crippen MR) is 129 cm³/mol. The summed E-state index contributed by atoms with van der Waals surface area (Å²) in [4.78, 5) is 21.3. The Labute approximate surface area is 213 Å². The first-order chi connectivity index (χ1) is 17.8. The lowest BCUT2D eigenvalue weighted by atomic mass is 10.1. The molecule has 12 heteroatoms. The van der Waals surface area contributed by atoms with Crippen LogP contribution in [0.25, 0.3) is 11.2 Å². The lowest BCUT2D eigenvalue weighted by Crippen LogP contribution is -2.48. The number of nitrogens with zero attached hydrogens (tertiary/aromatic N) is 6. The predicted octanol–water partition coefficient (Wildman–Crippen LogP) is 4.50. The van der Waals surface area contributed by atoms with Crippen LogP contribution in [0.2, 0.25) is 5.02 Å². The van der Waals surface area contributed by atoms with Crippen molar-refractivity contribution in [2.24, 2.45) is 0 Å². The summed E-state index contributed by atoms with van der Waals surface area (Å²) in [6, 6.07) is 7.21.